The number of nitrogens with one attached hydrogen (secondary N) is 1. The van der Waals surface area contributed by atoms with Crippen LogP contribution in [0.25, 0.3) is 0 Å². The Morgan fingerprint density at radius 3 is 2.96 bits per heavy atom. The van der Waals surface area contributed by atoms with Gasteiger partial charge >= 0.3 is 0 Å². The normalized spacial score (nSPS) is 25.5. The molecule has 5 nitrogen and oxygen atoms in total. The summed E-state index contributed by atoms with van der Waals surface area (Å²) in [6.45, 7) is 3.32. The molecule has 134 valence electrons. The maximum absolute atomic E-state index is 13.0. The van der Waals surface area contributed by atoms with Crippen molar-refractivity contribution in [2.75, 3.05) is 25.0 Å². The molecule has 1 N–H and O–H groups in total. The highest BCUT2D eigenvalue weighted by Crippen LogP contribution is 2.36. The maximum atomic E-state index is 13.0. The summed E-state index contributed by atoms with van der Waals surface area (Å²) in [6.07, 6.45) is 1.92. The van der Waals surface area contributed by atoms with Crippen LogP contribution < -0.4 is 5.32 Å². The Labute approximate surface area is 152 Å². The maximum Gasteiger partial charge on any atom is 0.142 e. The van der Waals surface area contributed by atoms with Gasteiger partial charge in [0.2, 0.25) is 0 Å². The molecule has 6 heteroatoms. The number of rotatable bonds is 4. The molecule has 2 aromatic rings. The summed E-state index contributed by atoms with van der Waals surface area (Å²) >= 11 is 0. The van der Waals surface area contributed by atoms with E-state index in [1.165, 1.54) is 12.1 Å². The lowest BCUT2D eigenvalue weighted by molar-refractivity contribution is 0.0120. The zero-order chi connectivity index (χ0) is 18.0. The molecule has 2 aliphatic rings. The second-order valence-corrected chi connectivity index (χ2v) is 7.15. The van der Waals surface area contributed by atoms with E-state index in [0.29, 0.717) is 12.3 Å². The molecular formula is C20H21FN4O. The molecule has 2 atom stereocenters. The number of pyridine rings is 1. The van der Waals surface area contributed by atoms with Gasteiger partial charge in [-0.05, 0) is 36.2 Å². The van der Waals surface area contributed by atoms with Crippen molar-refractivity contribution >= 4 is 5.82 Å². The molecule has 1 aromatic carbocycles. The van der Waals surface area contributed by atoms with Gasteiger partial charge in [0, 0.05) is 26.1 Å². The van der Waals surface area contributed by atoms with Crippen LogP contribution in [0, 0.1) is 17.1 Å². The van der Waals surface area contributed by atoms with Crippen molar-refractivity contribution in [3.8, 4) is 6.07 Å². The largest absolute Gasteiger partial charge is 0.371 e. The Hall–Kier alpha value is -2.49. The van der Waals surface area contributed by atoms with E-state index in [1.807, 2.05) is 24.3 Å². The molecule has 0 bridgehead atoms. The lowest BCUT2D eigenvalue weighted by Gasteiger charge is -2.23. The Kier molecular flexibility index (Phi) is 4.58. The zero-order valence-corrected chi connectivity index (χ0v) is 14.5. The van der Waals surface area contributed by atoms with Crippen LogP contribution in [0.3, 0.4) is 0 Å². The van der Waals surface area contributed by atoms with E-state index in [2.05, 4.69) is 21.3 Å². The Morgan fingerprint density at radius 2 is 2.15 bits per heavy atom. The number of halogens is 1. The number of likely N-dealkylation sites (tertiary alicyclic amines) is 1. The Morgan fingerprint density at radius 1 is 1.31 bits per heavy atom. The quantitative estimate of drug-likeness (QED) is 0.917. The average molecular weight is 352 g/mol. The molecule has 0 aliphatic carbocycles. The van der Waals surface area contributed by atoms with Crippen LogP contribution in [-0.4, -0.2) is 41.2 Å². The number of benzene rings is 1. The molecule has 1 spiro atoms. The SMILES string of the molecule is N#Cc1cccc(N[C@H]2CO[C@@]3(CCN(Cc4ccc(F)cc4)C3)C2)n1. The van der Waals surface area contributed by atoms with Gasteiger partial charge in [-0.15, -0.1) is 0 Å². The van der Waals surface area contributed by atoms with Crippen molar-refractivity contribution < 1.29 is 9.13 Å². The van der Waals surface area contributed by atoms with E-state index in [-0.39, 0.29) is 17.5 Å². The third kappa shape index (κ3) is 3.69. The van der Waals surface area contributed by atoms with Gasteiger partial charge in [-0.25, -0.2) is 9.37 Å². The number of anilines is 1. The van der Waals surface area contributed by atoms with Crippen LogP contribution in [-0.2, 0) is 11.3 Å². The van der Waals surface area contributed by atoms with Gasteiger partial charge in [-0.2, -0.15) is 5.26 Å². The summed E-state index contributed by atoms with van der Waals surface area (Å²) < 4.78 is 19.2. The first kappa shape index (κ1) is 17.0. The van der Waals surface area contributed by atoms with E-state index in [9.17, 15) is 4.39 Å². The number of aromatic nitrogens is 1. The lowest BCUT2D eigenvalue weighted by atomic mass is 9.97. The number of hydrogen-bond donors (Lipinski definition) is 1. The summed E-state index contributed by atoms with van der Waals surface area (Å²) in [5.74, 6) is 0.518. The van der Waals surface area contributed by atoms with Gasteiger partial charge in [-0.3, -0.25) is 4.90 Å². The van der Waals surface area contributed by atoms with Crippen molar-refractivity contribution in [2.45, 2.75) is 31.0 Å². The number of hydrogen-bond acceptors (Lipinski definition) is 5. The highest BCUT2D eigenvalue weighted by Gasteiger charge is 2.45. The van der Waals surface area contributed by atoms with Crippen molar-refractivity contribution in [1.82, 2.24) is 9.88 Å². The van der Waals surface area contributed by atoms with Crippen LogP contribution >= 0.6 is 0 Å². The molecule has 0 unspecified atom stereocenters. The Balaban J connectivity index is 1.34. The van der Waals surface area contributed by atoms with Gasteiger partial charge in [0.1, 0.15) is 23.4 Å². The van der Waals surface area contributed by atoms with E-state index in [0.717, 1.165) is 43.9 Å². The fraction of sp³-hybridized carbons (Fsp3) is 0.400. The standard InChI is InChI=1S/C20H21FN4O/c21-16-6-4-15(5-7-16)12-25-9-8-20(14-25)10-18(13-26-20)24-19-3-1-2-17(11-22)23-19/h1-7,18H,8-10,12-14H2,(H,23,24)/t18-,20+/m1/s1. The molecule has 0 amide bonds. The summed E-state index contributed by atoms with van der Waals surface area (Å²) in [5, 5.41) is 12.4. The minimum absolute atomic E-state index is 0.121. The minimum atomic E-state index is -0.200. The second-order valence-electron chi connectivity index (χ2n) is 7.15. The second kappa shape index (κ2) is 7.02. The van der Waals surface area contributed by atoms with Crippen molar-refractivity contribution in [2.24, 2.45) is 0 Å². The van der Waals surface area contributed by atoms with Crippen LogP contribution in [0.1, 0.15) is 24.1 Å². The molecule has 2 aliphatic heterocycles. The van der Waals surface area contributed by atoms with Crippen LogP contribution in [0.4, 0.5) is 10.2 Å². The third-order valence-corrected chi connectivity index (χ3v) is 5.14. The summed E-state index contributed by atoms with van der Waals surface area (Å²) in [5.41, 5.74) is 1.41. The number of ether oxygens (including phenoxy) is 1. The first-order chi connectivity index (χ1) is 12.6. The molecule has 1 aromatic heterocycles. The first-order valence-electron chi connectivity index (χ1n) is 8.89. The van der Waals surface area contributed by atoms with Crippen molar-refractivity contribution in [3.05, 3.63) is 59.5 Å². The topological polar surface area (TPSA) is 61.2 Å². The van der Waals surface area contributed by atoms with Gasteiger partial charge in [-0.1, -0.05) is 18.2 Å². The molecule has 26 heavy (non-hydrogen) atoms. The number of nitrogens with zero attached hydrogens (tertiary/aromatic N) is 3. The molecule has 0 saturated carbocycles. The van der Waals surface area contributed by atoms with Crippen molar-refractivity contribution in [3.63, 3.8) is 0 Å². The number of nitriles is 1. The molecular weight excluding hydrogens is 331 g/mol. The smallest absolute Gasteiger partial charge is 0.142 e. The predicted molar refractivity (Wildman–Crippen MR) is 96.0 cm³/mol. The van der Waals surface area contributed by atoms with Crippen molar-refractivity contribution in [1.29, 1.82) is 5.26 Å². The van der Waals surface area contributed by atoms with Crippen LogP contribution in [0.2, 0.25) is 0 Å². The van der Waals surface area contributed by atoms with Gasteiger partial charge in [0.05, 0.1) is 18.2 Å². The predicted octanol–water partition coefficient (Wildman–Crippen LogP) is 2.94. The van der Waals surface area contributed by atoms with Crippen LogP contribution in [0.5, 0.6) is 0 Å². The molecule has 3 heterocycles. The summed E-state index contributed by atoms with van der Waals surface area (Å²) in [6, 6.07) is 14.4. The molecule has 2 saturated heterocycles. The Bertz CT molecular complexity index is 819. The average Bonchev–Trinajstić information content (AvgIpc) is 3.23. The zero-order valence-electron chi connectivity index (χ0n) is 14.5. The summed E-state index contributed by atoms with van der Waals surface area (Å²) in [7, 11) is 0. The monoisotopic (exact) mass is 352 g/mol. The molecule has 0 radical (unpaired) electrons. The van der Waals surface area contributed by atoms with E-state index >= 15 is 0 Å². The lowest BCUT2D eigenvalue weighted by Crippen LogP contribution is -2.33. The fourth-order valence-electron chi connectivity index (χ4n) is 3.92. The van der Waals surface area contributed by atoms with E-state index in [4.69, 9.17) is 10.00 Å². The van der Waals surface area contributed by atoms with Gasteiger partial charge in [0.25, 0.3) is 0 Å². The first-order valence-corrected chi connectivity index (χ1v) is 8.89. The molecule has 2 fully saturated rings. The molecule has 4 rings (SSSR count). The highest BCUT2D eigenvalue weighted by atomic mass is 19.1. The third-order valence-electron chi connectivity index (χ3n) is 5.14. The summed E-state index contributed by atoms with van der Waals surface area (Å²) in [4.78, 5) is 6.64. The highest BCUT2D eigenvalue weighted by molar-refractivity contribution is 5.39. The van der Waals surface area contributed by atoms with Gasteiger partial charge < -0.3 is 10.1 Å². The van der Waals surface area contributed by atoms with Crippen LogP contribution in [0.15, 0.2) is 42.5 Å². The minimum Gasteiger partial charge on any atom is -0.371 e. The van der Waals surface area contributed by atoms with Gasteiger partial charge in [0.15, 0.2) is 0 Å². The van der Waals surface area contributed by atoms with E-state index < -0.39 is 0 Å². The fourth-order valence-corrected chi connectivity index (χ4v) is 3.92. The van der Waals surface area contributed by atoms with E-state index in [1.54, 1.807) is 6.07 Å².